The second kappa shape index (κ2) is 5.98. The Labute approximate surface area is 112 Å². The molecule has 0 bridgehead atoms. The van der Waals surface area contributed by atoms with Gasteiger partial charge in [-0.2, -0.15) is 0 Å². The van der Waals surface area contributed by atoms with E-state index in [2.05, 4.69) is 20.7 Å². The van der Waals surface area contributed by atoms with Crippen LogP contribution in [0.25, 0.3) is 0 Å². The Balaban J connectivity index is 2.93. The lowest BCUT2D eigenvalue weighted by Gasteiger charge is -2.12. The largest absolute Gasteiger partial charge is 0.240 e. The van der Waals surface area contributed by atoms with Crippen molar-refractivity contribution in [1.82, 2.24) is 4.72 Å². The summed E-state index contributed by atoms with van der Waals surface area (Å²) in [5, 5.41) is 0. The Hall–Kier alpha value is -0.390. The highest BCUT2D eigenvalue weighted by Gasteiger charge is 2.17. The molecule has 0 aliphatic heterocycles. The monoisotopic (exact) mass is 319 g/mol. The van der Waals surface area contributed by atoms with E-state index in [9.17, 15) is 8.42 Å². The van der Waals surface area contributed by atoms with Gasteiger partial charge in [-0.05, 0) is 37.5 Å². The van der Waals surface area contributed by atoms with Crippen molar-refractivity contribution in [2.75, 3.05) is 6.54 Å². The quantitative estimate of drug-likeness (QED) is 0.848. The molecular formula is C12H18BrNO2S. The maximum atomic E-state index is 12.1. The standard InChI is InChI=1S/C12H18BrNO2S/c1-4-11(13)8-14-17(15,16)12-7-9(2)5-6-10(12)3/h5-7,11,14H,4,8H2,1-3H3. The van der Waals surface area contributed by atoms with E-state index in [0.29, 0.717) is 11.4 Å². The smallest absolute Gasteiger partial charge is 0.210 e. The van der Waals surface area contributed by atoms with Crippen LogP contribution in [0, 0.1) is 13.8 Å². The Morgan fingerprint density at radius 3 is 2.59 bits per heavy atom. The first-order valence-electron chi connectivity index (χ1n) is 5.57. The van der Waals surface area contributed by atoms with Crippen molar-refractivity contribution in [2.24, 2.45) is 0 Å². The predicted octanol–water partition coefficient (Wildman–Crippen LogP) is 2.76. The zero-order valence-corrected chi connectivity index (χ0v) is 12.7. The van der Waals surface area contributed by atoms with Gasteiger partial charge < -0.3 is 0 Å². The third-order valence-corrected chi connectivity index (χ3v) is 5.11. The molecular weight excluding hydrogens is 302 g/mol. The maximum absolute atomic E-state index is 12.1. The Morgan fingerprint density at radius 2 is 2.00 bits per heavy atom. The van der Waals surface area contributed by atoms with Crippen molar-refractivity contribution in [3.63, 3.8) is 0 Å². The second-order valence-electron chi connectivity index (χ2n) is 4.13. The summed E-state index contributed by atoms with van der Waals surface area (Å²) in [6, 6.07) is 5.44. The van der Waals surface area contributed by atoms with Crippen molar-refractivity contribution in [3.05, 3.63) is 29.3 Å². The van der Waals surface area contributed by atoms with E-state index in [1.165, 1.54) is 0 Å². The molecule has 1 atom stereocenters. The molecule has 5 heteroatoms. The van der Waals surface area contributed by atoms with Crippen LogP contribution in [0.4, 0.5) is 0 Å². The molecule has 1 unspecified atom stereocenters. The fourth-order valence-electron chi connectivity index (χ4n) is 1.42. The summed E-state index contributed by atoms with van der Waals surface area (Å²) < 4.78 is 26.8. The van der Waals surface area contributed by atoms with Crippen LogP contribution in [0.1, 0.15) is 24.5 Å². The van der Waals surface area contributed by atoms with Gasteiger partial charge in [-0.25, -0.2) is 13.1 Å². The zero-order valence-electron chi connectivity index (χ0n) is 10.3. The van der Waals surface area contributed by atoms with Crippen LogP contribution in [0.5, 0.6) is 0 Å². The summed E-state index contributed by atoms with van der Waals surface area (Å²) in [5.74, 6) is 0. The normalized spacial score (nSPS) is 13.6. The third kappa shape index (κ3) is 4.08. The molecule has 0 aliphatic rings. The molecule has 0 saturated heterocycles. The minimum atomic E-state index is -3.40. The number of alkyl halides is 1. The minimum absolute atomic E-state index is 0.169. The second-order valence-corrected chi connectivity index (χ2v) is 7.16. The molecule has 96 valence electrons. The SMILES string of the molecule is CCC(Br)CNS(=O)(=O)c1cc(C)ccc1C. The van der Waals surface area contributed by atoms with Crippen LogP contribution in [0.2, 0.25) is 0 Å². The van der Waals surface area contributed by atoms with Crippen LogP contribution >= 0.6 is 15.9 Å². The van der Waals surface area contributed by atoms with Gasteiger partial charge in [-0.15, -0.1) is 0 Å². The van der Waals surface area contributed by atoms with Crippen LogP contribution in [0.15, 0.2) is 23.1 Å². The molecule has 0 saturated carbocycles. The van der Waals surface area contributed by atoms with Gasteiger partial charge in [0.05, 0.1) is 4.90 Å². The Morgan fingerprint density at radius 1 is 1.35 bits per heavy atom. The highest BCUT2D eigenvalue weighted by Crippen LogP contribution is 2.16. The van der Waals surface area contributed by atoms with E-state index in [4.69, 9.17) is 0 Å². The van der Waals surface area contributed by atoms with Crippen LogP contribution in [-0.2, 0) is 10.0 Å². The summed E-state index contributed by atoms with van der Waals surface area (Å²) in [6.07, 6.45) is 0.884. The zero-order chi connectivity index (χ0) is 13.1. The average Bonchev–Trinajstić information content (AvgIpc) is 2.29. The van der Waals surface area contributed by atoms with Gasteiger partial charge in [0.25, 0.3) is 0 Å². The van der Waals surface area contributed by atoms with Gasteiger partial charge in [0.1, 0.15) is 0 Å². The highest BCUT2D eigenvalue weighted by molar-refractivity contribution is 9.09. The number of nitrogens with one attached hydrogen (secondary N) is 1. The number of rotatable bonds is 5. The van der Waals surface area contributed by atoms with E-state index >= 15 is 0 Å². The summed E-state index contributed by atoms with van der Waals surface area (Å²) in [6.45, 7) is 6.11. The number of benzene rings is 1. The van der Waals surface area contributed by atoms with Gasteiger partial charge in [0.2, 0.25) is 10.0 Å². The van der Waals surface area contributed by atoms with E-state index in [1.807, 2.05) is 26.0 Å². The van der Waals surface area contributed by atoms with E-state index in [-0.39, 0.29) is 4.83 Å². The Bertz CT molecular complexity index is 485. The first kappa shape index (κ1) is 14.7. The predicted molar refractivity (Wildman–Crippen MR) is 74.1 cm³/mol. The topological polar surface area (TPSA) is 46.2 Å². The van der Waals surface area contributed by atoms with Crippen molar-refractivity contribution >= 4 is 26.0 Å². The number of halogens is 1. The van der Waals surface area contributed by atoms with Crippen LogP contribution < -0.4 is 4.72 Å². The lowest BCUT2D eigenvalue weighted by molar-refractivity contribution is 0.579. The highest BCUT2D eigenvalue weighted by atomic mass is 79.9. The first-order chi connectivity index (χ1) is 7.86. The van der Waals surface area contributed by atoms with Crippen LogP contribution in [-0.4, -0.2) is 19.8 Å². The van der Waals surface area contributed by atoms with Crippen molar-refractivity contribution in [3.8, 4) is 0 Å². The molecule has 0 heterocycles. The molecule has 0 radical (unpaired) electrons. The Kier molecular flexibility index (Phi) is 5.16. The summed E-state index contributed by atoms with van der Waals surface area (Å²) >= 11 is 3.41. The summed E-state index contributed by atoms with van der Waals surface area (Å²) in [7, 11) is -3.40. The maximum Gasteiger partial charge on any atom is 0.240 e. The molecule has 1 aromatic carbocycles. The lowest BCUT2D eigenvalue weighted by atomic mass is 10.2. The number of hydrogen-bond donors (Lipinski definition) is 1. The first-order valence-corrected chi connectivity index (χ1v) is 7.97. The average molecular weight is 320 g/mol. The van der Waals surface area contributed by atoms with Crippen molar-refractivity contribution in [2.45, 2.75) is 36.9 Å². The van der Waals surface area contributed by atoms with Gasteiger partial charge >= 0.3 is 0 Å². The van der Waals surface area contributed by atoms with E-state index in [1.54, 1.807) is 13.0 Å². The molecule has 1 rings (SSSR count). The number of hydrogen-bond acceptors (Lipinski definition) is 2. The molecule has 1 N–H and O–H groups in total. The fraction of sp³-hybridized carbons (Fsp3) is 0.500. The fourth-order valence-corrected chi connectivity index (χ4v) is 3.20. The summed E-state index contributed by atoms with van der Waals surface area (Å²) in [4.78, 5) is 0.538. The molecule has 0 amide bonds. The molecule has 0 aromatic heterocycles. The number of sulfonamides is 1. The number of aryl methyl sites for hydroxylation is 2. The minimum Gasteiger partial charge on any atom is -0.210 e. The molecule has 1 aromatic rings. The lowest BCUT2D eigenvalue weighted by Crippen LogP contribution is -2.29. The van der Waals surface area contributed by atoms with Crippen molar-refractivity contribution in [1.29, 1.82) is 0 Å². The molecule has 3 nitrogen and oxygen atoms in total. The van der Waals surface area contributed by atoms with E-state index < -0.39 is 10.0 Å². The van der Waals surface area contributed by atoms with Gasteiger partial charge in [-0.3, -0.25) is 0 Å². The molecule has 0 spiro atoms. The van der Waals surface area contributed by atoms with Gasteiger partial charge in [0, 0.05) is 11.4 Å². The van der Waals surface area contributed by atoms with Crippen LogP contribution in [0.3, 0.4) is 0 Å². The van der Waals surface area contributed by atoms with Crippen molar-refractivity contribution < 1.29 is 8.42 Å². The molecule has 0 fully saturated rings. The molecule has 0 aliphatic carbocycles. The third-order valence-electron chi connectivity index (χ3n) is 2.57. The van der Waals surface area contributed by atoms with Gasteiger partial charge in [-0.1, -0.05) is 35.0 Å². The summed E-state index contributed by atoms with van der Waals surface area (Å²) in [5.41, 5.74) is 1.72. The van der Waals surface area contributed by atoms with Gasteiger partial charge in [0.15, 0.2) is 0 Å². The van der Waals surface area contributed by atoms with E-state index in [0.717, 1.165) is 17.5 Å². The molecule has 17 heavy (non-hydrogen) atoms.